The van der Waals surface area contributed by atoms with Gasteiger partial charge in [0.2, 0.25) is 5.91 Å². The SMILES string of the molecule is Cl.Cl.NC1CCCC(C(=O)NCCCCNc2ccccn2)C1. The predicted molar refractivity (Wildman–Crippen MR) is 99.4 cm³/mol. The van der Waals surface area contributed by atoms with Crippen LogP contribution in [0.5, 0.6) is 0 Å². The number of aromatic nitrogens is 1. The van der Waals surface area contributed by atoms with Gasteiger partial charge in [-0.2, -0.15) is 0 Å². The number of nitrogens with two attached hydrogens (primary N) is 1. The zero-order valence-electron chi connectivity index (χ0n) is 13.4. The number of nitrogens with zero attached hydrogens (tertiary/aromatic N) is 1. The van der Waals surface area contributed by atoms with Gasteiger partial charge in [-0.15, -0.1) is 24.8 Å². The summed E-state index contributed by atoms with van der Waals surface area (Å²) in [5, 5.41) is 6.30. The highest BCUT2D eigenvalue weighted by atomic mass is 35.5. The summed E-state index contributed by atoms with van der Waals surface area (Å²) in [6.07, 6.45) is 7.73. The number of hydrogen-bond acceptors (Lipinski definition) is 4. The topological polar surface area (TPSA) is 80.0 Å². The summed E-state index contributed by atoms with van der Waals surface area (Å²) in [4.78, 5) is 16.2. The molecule has 0 bridgehead atoms. The number of unbranched alkanes of at least 4 members (excludes halogenated alkanes) is 1. The van der Waals surface area contributed by atoms with Gasteiger partial charge in [0, 0.05) is 31.2 Å². The minimum absolute atomic E-state index is 0. The molecule has 1 saturated carbocycles. The Kier molecular flexibility index (Phi) is 11.8. The molecule has 2 rings (SSSR count). The molecule has 0 aromatic carbocycles. The highest BCUT2D eigenvalue weighted by molar-refractivity contribution is 5.85. The highest BCUT2D eigenvalue weighted by Gasteiger charge is 2.24. The smallest absolute Gasteiger partial charge is 0.223 e. The molecule has 23 heavy (non-hydrogen) atoms. The lowest BCUT2D eigenvalue weighted by molar-refractivity contribution is -0.126. The molecule has 1 aromatic heterocycles. The molecular weight excluding hydrogens is 335 g/mol. The Morgan fingerprint density at radius 3 is 2.70 bits per heavy atom. The van der Waals surface area contributed by atoms with E-state index in [0.717, 1.165) is 57.4 Å². The van der Waals surface area contributed by atoms with E-state index in [-0.39, 0.29) is 42.7 Å². The lowest BCUT2D eigenvalue weighted by Gasteiger charge is -2.25. The van der Waals surface area contributed by atoms with E-state index in [1.807, 2.05) is 18.2 Å². The van der Waals surface area contributed by atoms with Crippen LogP contribution >= 0.6 is 24.8 Å². The first kappa shape index (κ1) is 22.0. The minimum Gasteiger partial charge on any atom is -0.370 e. The van der Waals surface area contributed by atoms with Gasteiger partial charge in [0.25, 0.3) is 0 Å². The van der Waals surface area contributed by atoms with Crippen LogP contribution in [-0.4, -0.2) is 30.0 Å². The van der Waals surface area contributed by atoms with Crippen LogP contribution in [0.15, 0.2) is 24.4 Å². The molecule has 0 saturated heterocycles. The van der Waals surface area contributed by atoms with Crippen LogP contribution in [-0.2, 0) is 4.79 Å². The van der Waals surface area contributed by atoms with Crippen molar-refractivity contribution in [3.8, 4) is 0 Å². The third-order valence-electron chi connectivity index (χ3n) is 3.96. The zero-order chi connectivity index (χ0) is 14.9. The van der Waals surface area contributed by atoms with Crippen molar-refractivity contribution < 1.29 is 4.79 Å². The van der Waals surface area contributed by atoms with Gasteiger partial charge in [-0.05, 0) is 44.2 Å². The van der Waals surface area contributed by atoms with Gasteiger partial charge in [-0.1, -0.05) is 12.5 Å². The normalized spacial score (nSPS) is 19.9. The van der Waals surface area contributed by atoms with Crippen LogP contribution in [0.25, 0.3) is 0 Å². The van der Waals surface area contributed by atoms with Gasteiger partial charge in [-0.3, -0.25) is 4.79 Å². The van der Waals surface area contributed by atoms with E-state index in [4.69, 9.17) is 5.73 Å². The van der Waals surface area contributed by atoms with E-state index in [1.165, 1.54) is 0 Å². The highest BCUT2D eigenvalue weighted by Crippen LogP contribution is 2.22. The lowest BCUT2D eigenvalue weighted by Crippen LogP contribution is -2.38. The first-order valence-corrected chi connectivity index (χ1v) is 7.94. The molecule has 1 fully saturated rings. The maximum atomic E-state index is 12.0. The number of amides is 1. The molecule has 1 aliphatic rings. The molecule has 1 aliphatic carbocycles. The summed E-state index contributed by atoms with van der Waals surface area (Å²) in [6, 6.07) is 6.02. The quantitative estimate of drug-likeness (QED) is 0.651. The summed E-state index contributed by atoms with van der Waals surface area (Å²) in [6.45, 7) is 1.62. The number of anilines is 1. The Bertz CT molecular complexity index is 433. The Hall–Kier alpha value is -1.04. The average Bonchev–Trinajstić information content (AvgIpc) is 2.51. The molecular formula is C16H28Cl2N4O. The predicted octanol–water partition coefficient (Wildman–Crippen LogP) is 2.75. The monoisotopic (exact) mass is 362 g/mol. The van der Waals surface area contributed by atoms with E-state index in [9.17, 15) is 4.79 Å². The van der Waals surface area contributed by atoms with E-state index in [0.29, 0.717) is 0 Å². The van der Waals surface area contributed by atoms with Crippen molar-refractivity contribution in [2.45, 2.75) is 44.6 Å². The van der Waals surface area contributed by atoms with Gasteiger partial charge in [-0.25, -0.2) is 4.98 Å². The molecule has 4 N–H and O–H groups in total. The third kappa shape index (κ3) is 8.39. The second kappa shape index (κ2) is 12.4. The molecule has 132 valence electrons. The summed E-state index contributed by atoms with van der Waals surface area (Å²) in [5.41, 5.74) is 5.92. The molecule has 2 unspecified atom stereocenters. The van der Waals surface area contributed by atoms with Crippen molar-refractivity contribution in [1.29, 1.82) is 0 Å². The summed E-state index contributed by atoms with van der Waals surface area (Å²) >= 11 is 0. The third-order valence-corrected chi connectivity index (χ3v) is 3.96. The molecule has 1 heterocycles. The van der Waals surface area contributed by atoms with E-state index < -0.39 is 0 Å². The lowest BCUT2D eigenvalue weighted by atomic mass is 9.85. The van der Waals surface area contributed by atoms with Crippen LogP contribution in [0, 0.1) is 5.92 Å². The second-order valence-electron chi connectivity index (χ2n) is 5.76. The molecule has 2 atom stereocenters. The maximum Gasteiger partial charge on any atom is 0.223 e. The van der Waals surface area contributed by atoms with Crippen LogP contribution in [0.4, 0.5) is 5.82 Å². The van der Waals surface area contributed by atoms with Crippen LogP contribution < -0.4 is 16.4 Å². The van der Waals surface area contributed by atoms with Gasteiger partial charge in [0.05, 0.1) is 0 Å². The van der Waals surface area contributed by atoms with Crippen LogP contribution in [0.2, 0.25) is 0 Å². The molecule has 7 heteroatoms. The van der Waals surface area contributed by atoms with Crippen molar-refractivity contribution in [3.63, 3.8) is 0 Å². The fraction of sp³-hybridized carbons (Fsp3) is 0.625. The van der Waals surface area contributed by atoms with Crippen LogP contribution in [0.3, 0.4) is 0 Å². The van der Waals surface area contributed by atoms with E-state index >= 15 is 0 Å². The first-order chi connectivity index (χ1) is 10.3. The zero-order valence-corrected chi connectivity index (χ0v) is 15.0. The molecule has 0 aliphatic heterocycles. The van der Waals surface area contributed by atoms with Crippen molar-refractivity contribution in [3.05, 3.63) is 24.4 Å². The largest absolute Gasteiger partial charge is 0.370 e. The molecule has 0 radical (unpaired) electrons. The number of carbonyl (C=O) groups is 1. The maximum absolute atomic E-state index is 12.0. The molecule has 1 aromatic rings. The van der Waals surface area contributed by atoms with Gasteiger partial charge >= 0.3 is 0 Å². The van der Waals surface area contributed by atoms with Crippen LogP contribution in [0.1, 0.15) is 38.5 Å². The first-order valence-electron chi connectivity index (χ1n) is 7.94. The van der Waals surface area contributed by atoms with E-state index in [1.54, 1.807) is 6.20 Å². The number of pyridine rings is 1. The number of rotatable bonds is 7. The second-order valence-corrected chi connectivity index (χ2v) is 5.76. The van der Waals surface area contributed by atoms with Crippen molar-refractivity contribution in [2.24, 2.45) is 11.7 Å². The fourth-order valence-electron chi connectivity index (χ4n) is 2.76. The van der Waals surface area contributed by atoms with Gasteiger partial charge in [0.1, 0.15) is 5.82 Å². The Morgan fingerprint density at radius 1 is 1.22 bits per heavy atom. The number of halogens is 2. The summed E-state index contributed by atoms with van der Waals surface area (Å²) in [7, 11) is 0. The van der Waals surface area contributed by atoms with Gasteiger partial charge in [0.15, 0.2) is 0 Å². The Labute approximate surface area is 151 Å². The minimum atomic E-state index is 0. The van der Waals surface area contributed by atoms with Crippen molar-refractivity contribution >= 4 is 36.5 Å². The van der Waals surface area contributed by atoms with Crippen molar-refractivity contribution in [2.75, 3.05) is 18.4 Å². The van der Waals surface area contributed by atoms with Crippen molar-refractivity contribution in [1.82, 2.24) is 10.3 Å². The summed E-state index contributed by atoms with van der Waals surface area (Å²) < 4.78 is 0. The number of carbonyl (C=O) groups excluding carboxylic acids is 1. The standard InChI is InChI=1S/C16H26N4O.2ClH/c17-14-7-5-6-13(12-14)16(21)20-11-4-3-10-19-15-8-1-2-9-18-15;;/h1-2,8-9,13-14H,3-7,10-12,17H2,(H,18,19)(H,20,21);2*1H. The van der Waals surface area contributed by atoms with Gasteiger partial charge < -0.3 is 16.4 Å². The van der Waals surface area contributed by atoms with E-state index in [2.05, 4.69) is 15.6 Å². The Balaban J connectivity index is 0.00000242. The molecule has 5 nitrogen and oxygen atoms in total. The number of nitrogens with one attached hydrogen (secondary N) is 2. The number of hydrogen-bond donors (Lipinski definition) is 3. The summed E-state index contributed by atoms with van der Waals surface area (Å²) in [5.74, 6) is 1.21. The Morgan fingerprint density at radius 2 is 2.00 bits per heavy atom. The molecule has 0 spiro atoms. The average molecular weight is 363 g/mol. The fourth-order valence-corrected chi connectivity index (χ4v) is 2.76. The molecule has 1 amide bonds.